The normalized spacial score (nSPS) is 13.5. The first kappa shape index (κ1) is 30.2. The van der Waals surface area contributed by atoms with Crippen molar-refractivity contribution in [3.05, 3.63) is 90.0 Å². The van der Waals surface area contributed by atoms with E-state index in [2.05, 4.69) is 39.9 Å². The van der Waals surface area contributed by atoms with Crippen molar-refractivity contribution in [2.24, 2.45) is 0 Å². The fraction of sp³-hybridized carbons (Fsp3) is 0.394. The van der Waals surface area contributed by atoms with Gasteiger partial charge in [-0.15, -0.1) is 0 Å². The van der Waals surface area contributed by atoms with E-state index in [4.69, 9.17) is 9.47 Å². The highest BCUT2D eigenvalue weighted by molar-refractivity contribution is 5.93. The molecule has 0 radical (unpaired) electrons. The van der Waals surface area contributed by atoms with E-state index in [0.717, 1.165) is 67.8 Å². The molecule has 1 saturated heterocycles. The van der Waals surface area contributed by atoms with Gasteiger partial charge in [0.15, 0.2) is 0 Å². The number of hydrazine groups is 1. The molecule has 0 aromatic heterocycles. The first-order valence-corrected chi connectivity index (χ1v) is 14.6. The molecule has 0 saturated carbocycles. The average molecular weight is 559 g/mol. The monoisotopic (exact) mass is 558 g/mol. The summed E-state index contributed by atoms with van der Waals surface area (Å²) in [7, 11) is 1.69. The number of methoxy groups -OCH3 is 1. The lowest BCUT2D eigenvalue weighted by Crippen LogP contribution is -2.50. The highest BCUT2D eigenvalue weighted by Crippen LogP contribution is 2.33. The van der Waals surface area contributed by atoms with Crippen LogP contribution < -0.4 is 15.6 Å². The molecule has 0 unspecified atom stereocenters. The number of rotatable bonds is 14. The van der Waals surface area contributed by atoms with Gasteiger partial charge in [0.1, 0.15) is 6.61 Å². The Morgan fingerprint density at radius 1 is 0.829 bits per heavy atom. The zero-order valence-electron chi connectivity index (χ0n) is 24.0. The van der Waals surface area contributed by atoms with Gasteiger partial charge in [0, 0.05) is 45.3 Å². The minimum atomic E-state index is -0.429. The van der Waals surface area contributed by atoms with Crippen molar-refractivity contribution < 1.29 is 19.1 Å². The van der Waals surface area contributed by atoms with Crippen molar-refractivity contribution in [1.82, 2.24) is 15.6 Å². The Labute approximate surface area is 243 Å². The molecular weight excluding hydrogens is 516 g/mol. The Balaban J connectivity index is 1.27. The number of nitrogens with zero attached hydrogens (tertiary/aromatic N) is 2. The van der Waals surface area contributed by atoms with Gasteiger partial charge in [0.25, 0.3) is 0 Å². The second-order valence-corrected chi connectivity index (χ2v) is 10.2. The second kappa shape index (κ2) is 16.5. The molecular formula is C33H42N4O4. The van der Waals surface area contributed by atoms with E-state index in [1.165, 1.54) is 5.56 Å². The third-order valence-corrected chi connectivity index (χ3v) is 7.13. The zero-order chi connectivity index (χ0) is 28.7. The molecule has 218 valence electrons. The van der Waals surface area contributed by atoms with Crippen LogP contribution in [-0.4, -0.2) is 63.5 Å². The predicted molar refractivity (Wildman–Crippen MR) is 162 cm³/mol. The summed E-state index contributed by atoms with van der Waals surface area (Å²) in [4.78, 5) is 25.9. The minimum absolute atomic E-state index is 0.0614. The number of aryl methyl sites for hydroxylation is 1. The van der Waals surface area contributed by atoms with Crippen LogP contribution in [0.1, 0.15) is 36.8 Å². The summed E-state index contributed by atoms with van der Waals surface area (Å²) in [5.74, 6) is -0.0614. The van der Waals surface area contributed by atoms with Crippen molar-refractivity contribution in [3.8, 4) is 11.1 Å². The maximum atomic E-state index is 13.4. The van der Waals surface area contributed by atoms with Crippen LogP contribution in [0.25, 0.3) is 11.1 Å². The molecule has 0 bridgehead atoms. The lowest BCUT2D eigenvalue weighted by Gasteiger charge is -2.37. The summed E-state index contributed by atoms with van der Waals surface area (Å²) in [6.45, 7) is 4.24. The maximum Gasteiger partial charge on any atom is 0.429 e. The molecule has 0 aliphatic carbocycles. The highest BCUT2D eigenvalue weighted by atomic mass is 16.6. The van der Waals surface area contributed by atoms with E-state index in [0.29, 0.717) is 19.4 Å². The summed E-state index contributed by atoms with van der Waals surface area (Å²) in [6.07, 6.45) is 3.82. The SMILES string of the molecule is COCCNCc1ccc(CCC(=O)NCCOC(=O)N(c2ccccc2-c2ccccc2)N2CCCCC2)cc1. The summed E-state index contributed by atoms with van der Waals surface area (Å²) in [5.41, 5.74) is 5.12. The molecule has 1 heterocycles. The van der Waals surface area contributed by atoms with Gasteiger partial charge in [-0.2, -0.15) is 0 Å². The van der Waals surface area contributed by atoms with Crippen LogP contribution >= 0.6 is 0 Å². The van der Waals surface area contributed by atoms with Crippen LogP contribution in [0.2, 0.25) is 0 Å². The molecule has 0 atom stereocenters. The van der Waals surface area contributed by atoms with Crippen molar-refractivity contribution in [3.63, 3.8) is 0 Å². The lowest BCUT2D eigenvalue weighted by molar-refractivity contribution is -0.121. The number of piperidine rings is 1. The molecule has 1 aliphatic rings. The summed E-state index contributed by atoms with van der Waals surface area (Å²) in [5, 5.41) is 9.97. The van der Waals surface area contributed by atoms with Gasteiger partial charge in [-0.3, -0.25) is 4.79 Å². The Hall–Kier alpha value is -3.72. The van der Waals surface area contributed by atoms with E-state index in [1.54, 1.807) is 12.1 Å². The molecule has 3 aromatic carbocycles. The minimum Gasteiger partial charge on any atom is -0.446 e. The van der Waals surface area contributed by atoms with E-state index >= 15 is 0 Å². The quantitative estimate of drug-likeness (QED) is 0.265. The van der Waals surface area contributed by atoms with Crippen LogP contribution in [0, 0.1) is 0 Å². The van der Waals surface area contributed by atoms with Gasteiger partial charge in [0.05, 0.1) is 18.8 Å². The Morgan fingerprint density at radius 2 is 1.54 bits per heavy atom. The first-order chi connectivity index (χ1) is 20.2. The van der Waals surface area contributed by atoms with Crippen molar-refractivity contribution in [2.45, 2.75) is 38.6 Å². The van der Waals surface area contributed by atoms with Crippen LogP contribution in [0.3, 0.4) is 0 Å². The second-order valence-electron chi connectivity index (χ2n) is 10.2. The molecule has 2 N–H and O–H groups in total. The van der Waals surface area contributed by atoms with E-state index in [1.807, 2.05) is 54.6 Å². The van der Waals surface area contributed by atoms with Gasteiger partial charge < -0.3 is 20.1 Å². The van der Waals surface area contributed by atoms with Crippen LogP contribution in [0.15, 0.2) is 78.9 Å². The molecule has 2 amide bonds. The average Bonchev–Trinajstić information content (AvgIpc) is 3.02. The summed E-state index contributed by atoms with van der Waals surface area (Å²) >= 11 is 0. The van der Waals surface area contributed by atoms with E-state index in [-0.39, 0.29) is 19.1 Å². The standard InChI is InChI=1S/C33H42N4O4/c1-40-24-20-34-26-28-16-14-27(15-17-28)18-19-32(38)35-21-25-41-33(39)37(36-22-8-3-9-23-36)31-13-7-6-12-30(31)29-10-4-2-5-11-29/h2,4-7,10-17,34H,3,8-9,18-26H2,1H3,(H,35,38). The molecule has 1 fully saturated rings. The third-order valence-electron chi connectivity index (χ3n) is 7.13. The lowest BCUT2D eigenvalue weighted by atomic mass is 10.0. The number of ether oxygens (including phenoxy) is 2. The number of carbonyl (C=O) groups is 2. The predicted octanol–water partition coefficient (Wildman–Crippen LogP) is 5.18. The van der Waals surface area contributed by atoms with Gasteiger partial charge in [-0.1, -0.05) is 79.2 Å². The molecule has 8 heteroatoms. The third kappa shape index (κ3) is 9.42. The number of amides is 2. The number of anilines is 1. The van der Waals surface area contributed by atoms with Crippen molar-refractivity contribution in [2.75, 3.05) is 51.5 Å². The smallest absolute Gasteiger partial charge is 0.429 e. The molecule has 4 rings (SSSR count). The molecule has 41 heavy (non-hydrogen) atoms. The highest BCUT2D eigenvalue weighted by Gasteiger charge is 2.28. The van der Waals surface area contributed by atoms with Crippen molar-refractivity contribution >= 4 is 17.7 Å². The molecule has 8 nitrogen and oxygen atoms in total. The molecule has 3 aromatic rings. The number of benzene rings is 3. The van der Waals surface area contributed by atoms with Gasteiger partial charge in [-0.05, 0) is 42.0 Å². The van der Waals surface area contributed by atoms with Crippen LogP contribution in [0.5, 0.6) is 0 Å². The van der Waals surface area contributed by atoms with E-state index < -0.39 is 6.09 Å². The Morgan fingerprint density at radius 3 is 2.29 bits per heavy atom. The zero-order valence-corrected chi connectivity index (χ0v) is 24.0. The largest absolute Gasteiger partial charge is 0.446 e. The van der Waals surface area contributed by atoms with Crippen LogP contribution in [-0.2, 0) is 27.2 Å². The Bertz CT molecular complexity index is 1210. The number of nitrogens with one attached hydrogen (secondary N) is 2. The van der Waals surface area contributed by atoms with Gasteiger partial charge in [0.2, 0.25) is 5.91 Å². The van der Waals surface area contributed by atoms with Gasteiger partial charge in [-0.25, -0.2) is 14.8 Å². The first-order valence-electron chi connectivity index (χ1n) is 14.6. The number of para-hydroxylation sites is 1. The number of carbonyl (C=O) groups excluding carboxylic acids is 2. The number of hydrogen-bond donors (Lipinski definition) is 2. The van der Waals surface area contributed by atoms with E-state index in [9.17, 15) is 9.59 Å². The molecule has 1 aliphatic heterocycles. The Kier molecular flexibility index (Phi) is 12.2. The summed E-state index contributed by atoms with van der Waals surface area (Å²) < 4.78 is 10.7. The summed E-state index contributed by atoms with van der Waals surface area (Å²) in [6, 6.07) is 26.3. The fourth-order valence-electron chi connectivity index (χ4n) is 4.93. The van der Waals surface area contributed by atoms with Crippen LogP contribution in [0.4, 0.5) is 10.5 Å². The van der Waals surface area contributed by atoms with Gasteiger partial charge >= 0.3 is 6.09 Å². The van der Waals surface area contributed by atoms with Crippen molar-refractivity contribution in [1.29, 1.82) is 0 Å². The maximum absolute atomic E-state index is 13.4. The number of hydrogen-bond acceptors (Lipinski definition) is 6. The molecule has 0 spiro atoms. The fourth-order valence-corrected chi connectivity index (χ4v) is 4.93. The topological polar surface area (TPSA) is 83.1 Å².